The molecule has 1 unspecified atom stereocenters. The highest BCUT2D eigenvalue weighted by molar-refractivity contribution is 4.83. The highest BCUT2D eigenvalue weighted by Crippen LogP contribution is 2.28. The maximum atomic E-state index is 5.81. The lowest BCUT2D eigenvalue weighted by molar-refractivity contribution is 0.0285. The summed E-state index contributed by atoms with van der Waals surface area (Å²) in [5, 5.41) is 3.35. The van der Waals surface area contributed by atoms with E-state index in [2.05, 4.69) is 46.9 Å². The van der Waals surface area contributed by atoms with Gasteiger partial charge < -0.3 is 10.1 Å². The third-order valence-corrected chi connectivity index (χ3v) is 3.19. The summed E-state index contributed by atoms with van der Waals surface area (Å²) in [6, 6.07) is 0. The summed E-state index contributed by atoms with van der Waals surface area (Å²) in [5.41, 5.74) is 0.420. The molecule has 0 aliphatic heterocycles. The first-order chi connectivity index (χ1) is 7.22. The van der Waals surface area contributed by atoms with Crippen molar-refractivity contribution in [2.75, 3.05) is 20.3 Å². The third kappa shape index (κ3) is 7.24. The molecule has 1 atom stereocenters. The summed E-state index contributed by atoms with van der Waals surface area (Å²) in [7, 11) is 2.02. The van der Waals surface area contributed by atoms with E-state index in [0.717, 1.165) is 19.6 Å². The Bertz CT molecular complexity index is 187. The molecule has 98 valence electrons. The van der Waals surface area contributed by atoms with Gasteiger partial charge in [-0.25, -0.2) is 0 Å². The Morgan fingerprint density at radius 1 is 1.19 bits per heavy atom. The van der Waals surface area contributed by atoms with Crippen molar-refractivity contribution in [3.05, 3.63) is 0 Å². The Labute approximate surface area is 102 Å². The molecule has 2 nitrogen and oxygen atoms in total. The van der Waals surface area contributed by atoms with Gasteiger partial charge in [-0.2, -0.15) is 0 Å². The summed E-state index contributed by atoms with van der Waals surface area (Å²) < 4.78 is 5.81. The van der Waals surface area contributed by atoms with Crippen LogP contribution in [0.5, 0.6) is 0 Å². The zero-order valence-electron chi connectivity index (χ0n) is 12.3. The van der Waals surface area contributed by atoms with Crippen molar-refractivity contribution in [1.82, 2.24) is 5.32 Å². The van der Waals surface area contributed by atoms with E-state index in [1.165, 1.54) is 6.42 Å². The van der Waals surface area contributed by atoms with Crippen LogP contribution in [-0.2, 0) is 4.74 Å². The lowest BCUT2D eigenvalue weighted by Gasteiger charge is -2.34. The van der Waals surface area contributed by atoms with Gasteiger partial charge in [0.2, 0.25) is 0 Å². The molecule has 1 N–H and O–H groups in total. The molecule has 0 spiro atoms. The van der Waals surface area contributed by atoms with Crippen molar-refractivity contribution in [2.24, 2.45) is 11.3 Å². The topological polar surface area (TPSA) is 21.3 Å². The van der Waals surface area contributed by atoms with E-state index in [0.29, 0.717) is 5.92 Å². The van der Waals surface area contributed by atoms with Crippen molar-refractivity contribution in [1.29, 1.82) is 0 Å². The van der Waals surface area contributed by atoms with Crippen LogP contribution in [0.3, 0.4) is 0 Å². The fraction of sp³-hybridized carbons (Fsp3) is 1.00. The zero-order valence-corrected chi connectivity index (χ0v) is 12.3. The molecular formula is C14H31NO. The maximum absolute atomic E-state index is 5.81. The molecule has 0 aliphatic rings. The van der Waals surface area contributed by atoms with E-state index >= 15 is 0 Å². The molecular weight excluding hydrogens is 198 g/mol. The normalized spacial score (nSPS) is 15.2. The predicted octanol–water partition coefficient (Wildman–Crippen LogP) is 3.46. The summed E-state index contributed by atoms with van der Waals surface area (Å²) in [6.45, 7) is 15.2. The Kier molecular flexibility index (Phi) is 6.57. The van der Waals surface area contributed by atoms with E-state index in [9.17, 15) is 0 Å². The summed E-state index contributed by atoms with van der Waals surface area (Å²) in [4.78, 5) is 0. The Morgan fingerprint density at radius 2 is 1.75 bits per heavy atom. The van der Waals surface area contributed by atoms with Crippen LogP contribution in [0.1, 0.15) is 54.4 Å². The summed E-state index contributed by atoms with van der Waals surface area (Å²) >= 11 is 0. The second kappa shape index (κ2) is 6.61. The quantitative estimate of drug-likeness (QED) is 0.688. The largest absolute Gasteiger partial charge is 0.381 e. The molecule has 0 aliphatic carbocycles. The standard InChI is InChI=1S/C14H31NO/c1-8-12(2)9-16-11-13(3,4)10-14(5,6)15-7/h12,15H,8-11H2,1-7H3. The van der Waals surface area contributed by atoms with Gasteiger partial charge in [-0.15, -0.1) is 0 Å². The molecule has 0 aromatic rings. The van der Waals surface area contributed by atoms with Crippen LogP contribution >= 0.6 is 0 Å². The first-order valence-electron chi connectivity index (χ1n) is 6.49. The van der Waals surface area contributed by atoms with Gasteiger partial charge in [-0.1, -0.05) is 34.1 Å². The summed E-state index contributed by atoms with van der Waals surface area (Å²) in [5.74, 6) is 0.674. The van der Waals surface area contributed by atoms with Gasteiger partial charge in [0.05, 0.1) is 6.61 Å². The highest BCUT2D eigenvalue weighted by Gasteiger charge is 2.27. The Balaban J connectivity index is 3.96. The van der Waals surface area contributed by atoms with Gasteiger partial charge in [0.25, 0.3) is 0 Å². The van der Waals surface area contributed by atoms with Gasteiger partial charge in [0.15, 0.2) is 0 Å². The molecule has 0 radical (unpaired) electrons. The average Bonchev–Trinajstić information content (AvgIpc) is 2.15. The predicted molar refractivity (Wildman–Crippen MR) is 71.8 cm³/mol. The van der Waals surface area contributed by atoms with Gasteiger partial charge in [-0.05, 0) is 38.6 Å². The minimum Gasteiger partial charge on any atom is -0.381 e. The molecule has 0 heterocycles. The lowest BCUT2D eigenvalue weighted by Crippen LogP contribution is -2.41. The van der Waals surface area contributed by atoms with Gasteiger partial charge in [0.1, 0.15) is 0 Å². The van der Waals surface area contributed by atoms with Crippen LogP contribution in [0.2, 0.25) is 0 Å². The molecule has 0 aromatic heterocycles. The molecule has 0 fully saturated rings. The molecule has 0 saturated carbocycles. The fourth-order valence-corrected chi connectivity index (χ4v) is 1.99. The first-order valence-corrected chi connectivity index (χ1v) is 6.49. The SMILES string of the molecule is CCC(C)COCC(C)(C)CC(C)(C)NC. The molecule has 0 saturated heterocycles. The van der Waals surface area contributed by atoms with Crippen molar-refractivity contribution < 1.29 is 4.74 Å². The molecule has 0 aromatic carbocycles. The minimum atomic E-state index is 0.184. The maximum Gasteiger partial charge on any atom is 0.0517 e. The number of ether oxygens (including phenoxy) is 1. The second-order valence-corrected chi connectivity index (χ2v) is 6.50. The highest BCUT2D eigenvalue weighted by atomic mass is 16.5. The Morgan fingerprint density at radius 3 is 2.19 bits per heavy atom. The van der Waals surface area contributed by atoms with E-state index < -0.39 is 0 Å². The fourth-order valence-electron chi connectivity index (χ4n) is 1.99. The van der Waals surface area contributed by atoms with Gasteiger partial charge in [0, 0.05) is 12.1 Å². The Hall–Kier alpha value is -0.0800. The number of hydrogen-bond donors (Lipinski definition) is 1. The van der Waals surface area contributed by atoms with Crippen LogP contribution in [0.25, 0.3) is 0 Å². The van der Waals surface area contributed by atoms with E-state index in [1.54, 1.807) is 0 Å². The minimum absolute atomic E-state index is 0.184. The van der Waals surface area contributed by atoms with Crippen molar-refractivity contribution in [3.63, 3.8) is 0 Å². The zero-order chi connectivity index (χ0) is 12.8. The molecule has 0 bridgehead atoms. The first kappa shape index (κ1) is 15.9. The molecule has 2 heteroatoms. The number of nitrogens with one attached hydrogen (secondary N) is 1. The average molecular weight is 229 g/mol. The van der Waals surface area contributed by atoms with E-state index in [4.69, 9.17) is 4.74 Å². The number of rotatable bonds is 8. The summed E-state index contributed by atoms with van der Waals surface area (Å²) in [6.07, 6.45) is 2.32. The van der Waals surface area contributed by atoms with E-state index in [-0.39, 0.29) is 11.0 Å². The van der Waals surface area contributed by atoms with Crippen molar-refractivity contribution in [2.45, 2.75) is 59.9 Å². The monoisotopic (exact) mass is 229 g/mol. The smallest absolute Gasteiger partial charge is 0.0517 e. The number of hydrogen-bond acceptors (Lipinski definition) is 2. The van der Waals surface area contributed by atoms with Crippen LogP contribution in [0.4, 0.5) is 0 Å². The van der Waals surface area contributed by atoms with Crippen LogP contribution in [0, 0.1) is 11.3 Å². The molecule has 0 rings (SSSR count). The lowest BCUT2D eigenvalue weighted by atomic mass is 9.81. The molecule has 16 heavy (non-hydrogen) atoms. The van der Waals surface area contributed by atoms with Crippen LogP contribution in [-0.4, -0.2) is 25.8 Å². The third-order valence-electron chi connectivity index (χ3n) is 3.19. The second-order valence-electron chi connectivity index (χ2n) is 6.50. The van der Waals surface area contributed by atoms with Crippen LogP contribution in [0.15, 0.2) is 0 Å². The van der Waals surface area contributed by atoms with Crippen molar-refractivity contribution in [3.8, 4) is 0 Å². The van der Waals surface area contributed by atoms with E-state index in [1.807, 2.05) is 7.05 Å². The van der Waals surface area contributed by atoms with Crippen molar-refractivity contribution >= 4 is 0 Å². The van der Waals surface area contributed by atoms with Gasteiger partial charge >= 0.3 is 0 Å². The van der Waals surface area contributed by atoms with Gasteiger partial charge in [-0.3, -0.25) is 0 Å². The molecule has 0 amide bonds. The van der Waals surface area contributed by atoms with Crippen LogP contribution < -0.4 is 5.32 Å².